The fourth-order valence-corrected chi connectivity index (χ4v) is 4.28. The van der Waals surface area contributed by atoms with E-state index in [1.54, 1.807) is 7.11 Å². The van der Waals surface area contributed by atoms with Gasteiger partial charge in [-0.15, -0.1) is 0 Å². The number of hydrogen-bond acceptors (Lipinski definition) is 4. The minimum absolute atomic E-state index is 0.334. The van der Waals surface area contributed by atoms with Crippen LogP contribution in [0.1, 0.15) is 37.2 Å². The van der Waals surface area contributed by atoms with Crippen LogP contribution in [0.5, 0.6) is 11.5 Å². The van der Waals surface area contributed by atoms with Gasteiger partial charge in [0, 0.05) is 11.3 Å². The smallest absolute Gasteiger partial charge is 0.165 e. The first-order chi connectivity index (χ1) is 10.4. The molecule has 2 heterocycles. The molecule has 2 saturated heterocycles. The van der Waals surface area contributed by atoms with Crippen molar-refractivity contribution >= 4 is 11.8 Å². The zero-order valence-corrected chi connectivity index (χ0v) is 13.6. The summed E-state index contributed by atoms with van der Waals surface area (Å²) in [5.74, 6) is 4.85. The van der Waals surface area contributed by atoms with E-state index in [2.05, 4.69) is 17.4 Å². The number of methoxy groups -OCH3 is 1. The first-order valence-corrected chi connectivity index (χ1v) is 9.16. The van der Waals surface area contributed by atoms with E-state index < -0.39 is 0 Å². The van der Waals surface area contributed by atoms with Gasteiger partial charge in [0.2, 0.25) is 0 Å². The van der Waals surface area contributed by atoms with Crippen LogP contribution in [-0.2, 0) is 0 Å². The van der Waals surface area contributed by atoms with Crippen LogP contribution >= 0.6 is 11.8 Å². The molecule has 1 aromatic rings. The summed E-state index contributed by atoms with van der Waals surface area (Å²) in [7, 11) is 1.74. The third kappa shape index (κ3) is 3.67. The molecule has 116 valence electrons. The molecule has 0 radical (unpaired) electrons. The average Bonchev–Trinajstić information content (AvgIpc) is 2.57. The molecule has 3 nitrogen and oxygen atoms in total. The highest BCUT2D eigenvalue weighted by Crippen LogP contribution is 2.40. The molecular formula is C17H25NO2S. The van der Waals surface area contributed by atoms with E-state index in [-0.39, 0.29) is 0 Å². The number of rotatable bonds is 4. The van der Waals surface area contributed by atoms with Crippen LogP contribution in [0.15, 0.2) is 18.2 Å². The average molecular weight is 307 g/mol. The van der Waals surface area contributed by atoms with E-state index in [0.717, 1.165) is 36.8 Å². The van der Waals surface area contributed by atoms with E-state index in [0.29, 0.717) is 12.0 Å². The molecule has 1 aromatic carbocycles. The lowest BCUT2D eigenvalue weighted by molar-refractivity contribution is 0.198. The van der Waals surface area contributed by atoms with E-state index in [4.69, 9.17) is 9.47 Å². The fraction of sp³-hybridized carbons (Fsp3) is 0.647. The van der Waals surface area contributed by atoms with Gasteiger partial charge in [-0.25, -0.2) is 0 Å². The second-order valence-corrected chi connectivity index (χ2v) is 7.01. The third-order valence-corrected chi connectivity index (χ3v) is 5.60. The van der Waals surface area contributed by atoms with E-state index in [1.807, 2.05) is 17.8 Å². The summed E-state index contributed by atoms with van der Waals surface area (Å²) in [5.41, 5.74) is 1.34. The summed E-state index contributed by atoms with van der Waals surface area (Å²) in [5, 5.41) is 3.44. The predicted molar refractivity (Wildman–Crippen MR) is 88.8 cm³/mol. The highest BCUT2D eigenvalue weighted by molar-refractivity contribution is 7.99. The standard InChI is InChI=1S/C17H25NO2S/c1-19-16-6-2-5-15(13-7-9-18-10-8-13)17(16)20-14-4-3-11-21-12-14/h2,5-6,13-14,18H,3-4,7-12H2,1H3. The topological polar surface area (TPSA) is 30.5 Å². The molecule has 0 spiro atoms. The molecule has 0 amide bonds. The summed E-state index contributed by atoms with van der Waals surface area (Å²) in [6, 6.07) is 6.35. The molecule has 1 unspecified atom stereocenters. The summed E-state index contributed by atoms with van der Waals surface area (Å²) in [6.45, 7) is 2.20. The summed E-state index contributed by atoms with van der Waals surface area (Å²) >= 11 is 2.00. The Morgan fingerprint density at radius 2 is 2.05 bits per heavy atom. The summed E-state index contributed by atoms with van der Waals surface area (Å²) < 4.78 is 12.0. The maximum Gasteiger partial charge on any atom is 0.165 e. The van der Waals surface area contributed by atoms with Crippen molar-refractivity contribution in [2.24, 2.45) is 0 Å². The highest BCUT2D eigenvalue weighted by atomic mass is 32.2. The van der Waals surface area contributed by atoms with Gasteiger partial charge < -0.3 is 14.8 Å². The van der Waals surface area contributed by atoms with Gasteiger partial charge in [-0.3, -0.25) is 0 Å². The molecule has 1 atom stereocenters. The SMILES string of the molecule is COc1cccc(C2CCNCC2)c1OC1CCCSC1. The van der Waals surface area contributed by atoms with Gasteiger partial charge in [0.05, 0.1) is 7.11 Å². The van der Waals surface area contributed by atoms with Crippen molar-refractivity contribution in [1.29, 1.82) is 0 Å². The van der Waals surface area contributed by atoms with Gasteiger partial charge >= 0.3 is 0 Å². The minimum atomic E-state index is 0.334. The predicted octanol–water partition coefficient (Wildman–Crippen LogP) is 3.44. The Balaban J connectivity index is 1.83. The number of ether oxygens (including phenoxy) is 2. The fourth-order valence-electron chi connectivity index (χ4n) is 3.24. The number of nitrogens with one attached hydrogen (secondary N) is 1. The van der Waals surface area contributed by atoms with Crippen LogP contribution in [-0.4, -0.2) is 37.8 Å². The molecule has 3 rings (SSSR count). The van der Waals surface area contributed by atoms with Crippen molar-refractivity contribution in [3.05, 3.63) is 23.8 Å². The molecule has 0 bridgehead atoms. The number of piperidine rings is 1. The maximum absolute atomic E-state index is 6.40. The second kappa shape index (κ2) is 7.41. The molecule has 2 aliphatic heterocycles. The Labute approximate surface area is 131 Å². The number of benzene rings is 1. The molecule has 0 aromatic heterocycles. The largest absolute Gasteiger partial charge is 0.493 e. The van der Waals surface area contributed by atoms with Crippen LogP contribution in [0.3, 0.4) is 0 Å². The van der Waals surface area contributed by atoms with Gasteiger partial charge in [0.1, 0.15) is 6.10 Å². The van der Waals surface area contributed by atoms with Crippen molar-refractivity contribution < 1.29 is 9.47 Å². The Morgan fingerprint density at radius 1 is 1.19 bits per heavy atom. The van der Waals surface area contributed by atoms with Crippen LogP contribution in [0.2, 0.25) is 0 Å². The Bertz CT molecular complexity index is 454. The van der Waals surface area contributed by atoms with E-state index in [9.17, 15) is 0 Å². The lowest BCUT2D eigenvalue weighted by Crippen LogP contribution is -2.28. The maximum atomic E-state index is 6.40. The quantitative estimate of drug-likeness (QED) is 0.923. The van der Waals surface area contributed by atoms with Crippen LogP contribution in [0, 0.1) is 0 Å². The summed E-state index contributed by atoms with van der Waals surface area (Å²) in [6.07, 6.45) is 5.12. The van der Waals surface area contributed by atoms with E-state index in [1.165, 1.54) is 30.6 Å². The van der Waals surface area contributed by atoms with Crippen molar-refractivity contribution in [2.75, 3.05) is 31.7 Å². The van der Waals surface area contributed by atoms with Crippen molar-refractivity contribution in [1.82, 2.24) is 5.32 Å². The molecule has 2 fully saturated rings. The zero-order valence-electron chi connectivity index (χ0n) is 12.8. The molecular weight excluding hydrogens is 282 g/mol. The number of thioether (sulfide) groups is 1. The first-order valence-electron chi connectivity index (χ1n) is 8.00. The summed E-state index contributed by atoms with van der Waals surface area (Å²) in [4.78, 5) is 0. The molecule has 4 heteroatoms. The first kappa shape index (κ1) is 15.0. The van der Waals surface area contributed by atoms with Gasteiger partial charge in [-0.2, -0.15) is 11.8 Å². The Kier molecular flexibility index (Phi) is 5.31. The van der Waals surface area contributed by atoms with Crippen molar-refractivity contribution in [3.8, 4) is 11.5 Å². The molecule has 2 aliphatic rings. The van der Waals surface area contributed by atoms with Gasteiger partial charge in [0.15, 0.2) is 11.5 Å². The number of hydrogen-bond donors (Lipinski definition) is 1. The van der Waals surface area contributed by atoms with Gasteiger partial charge in [0.25, 0.3) is 0 Å². The monoisotopic (exact) mass is 307 g/mol. The van der Waals surface area contributed by atoms with Crippen LogP contribution in [0.25, 0.3) is 0 Å². The van der Waals surface area contributed by atoms with Crippen molar-refractivity contribution in [3.63, 3.8) is 0 Å². The van der Waals surface area contributed by atoms with Crippen molar-refractivity contribution in [2.45, 2.75) is 37.7 Å². The minimum Gasteiger partial charge on any atom is -0.493 e. The lowest BCUT2D eigenvalue weighted by atomic mass is 9.89. The molecule has 21 heavy (non-hydrogen) atoms. The molecule has 0 aliphatic carbocycles. The van der Waals surface area contributed by atoms with Crippen LogP contribution < -0.4 is 14.8 Å². The van der Waals surface area contributed by atoms with Crippen LogP contribution in [0.4, 0.5) is 0 Å². The Morgan fingerprint density at radius 3 is 2.76 bits per heavy atom. The molecule has 1 N–H and O–H groups in total. The highest BCUT2D eigenvalue weighted by Gasteiger charge is 2.24. The zero-order chi connectivity index (χ0) is 14.5. The molecule has 0 saturated carbocycles. The normalized spacial score (nSPS) is 23.8. The Hall–Kier alpha value is -0.870. The van der Waals surface area contributed by atoms with E-state index >= 15 is 0 Å². The third-order valence-electron chi connectivity index (χ3n) is 4.41. The van der Waals surface area contributed by atoms with Gasteiger partial charge in [-0.05, 0) is 56.5 Å². The second-order valence-electron chi connectivity index (χ2n) is 5.86. The van der Waals surface area contributed by atoms with Gasteiger partial charge in [-0.1, -0.05) is 12.1 Å². The number of para-hydroxylation sites is 1. The lowest BCUT2D eigenvalue weighted by Gasteiger charge is -2.29.